The third-order valence-electron chi connectivity index (χ3n) is 4.62. The van der Waals surface area contributed by atoms with Crippen molar-refractivity contribution in [2.75, 3.05) is 36.5 Å². The van der Waals surface area contributed by atoms with E-state index in [9.17, 15) is 4.79 Å². The van der Waals surface area contributed by atoms with Gasteiger partial charge in [-0.1, -0.05) is 17.4 Å². The molecule has 5 rings (SSSR count). The number of amides is 1. The van der Waals surface area contributed by atoms with Crippen molar-refractivity contribution in [3.63, 3.8) is 0 Å². The van der Waals surface area contributed by atoms with Gasteiger partial charge in [0.25, 0.3) is 5.91 Å². The van der Waals surface area contributed by atoms with Gasteiger partial charge in [0.05, 0.1) is 35.1 Å². The zero-order chi connectivity index (χ0) is 18.2. The number of carbonyl (C=O) groups excluding carboxylic acids is 1. The first-order valence-electron chi connectivity index (χ1n) is 8.74. The minimum atomic E-state index is -0.149. The molecule has 0 atom stereocenters. The number of benzene rings is 2. The van der Waals surface area contributed by atoms with Crippen LogP contribution in [-0.4, -0.2) is 47.4 Å². The molecule has 0 aliphatic carbocycles. The molecule has 3 heterocycles. The molecule has 8 heteroatoms. The van der Waals surface area contributed by atoms with Gasteiger partial charge in [0.15, 0.2) is 5.13 Å². The number of ether oxygens (including phenoxy) is 1. The summed E-state index contributed by atoms with van der Waals surface area (Å²) in [6.07, 6.45) is 1.74. The first-order chi connectivity index (χ1) is 13.3. The van der Waals surface area contributed by atoms with Gasteiger partial charge in [-0.15, -0.1) is 0 Å². The predicted octanol–water partition coefficient (Wildman–Crippen LogP) is 3.26. The Labute approximate surface area is 159 Å². The maximum atomic E-state index is 12.6. The molecule has 0 saturated carbocycles. The molecule has 27 heavy (non-hydrogen) atoms. The number of hydrogen-bond donors (Lipinski definition) is 2. The summed E-state index contributed by atoms with van der Waals surface area (Å²) in [4.78, 5) is 19.5. The summed E-state index contributed by atoms with van der Waals surface area (Å²) >= 11 is 1.64. The lowest BCUT2D eigenvalue weighted by Gasteiger charge is -2.25. The van der Waals surface area contributed by atoms with Crippen molar-refractivity contribution in [2.24, 2.45) is 0 Å². The van der Waals surface area contributed by atoms with Gasteiger partial charge in [-0.2, -0.15) is 5.10 Å². The second-order valence-electron chi connectivity index (χ2n) is 6.40. The molecule has 4 aromatic rings. The van der Waals surface area contributed by atoms with Gasteiger partial charge in [0, 0.05) is 29.7 Å². The average molecular weight is 379 g/mol. The standard InChI is InChI=1S/C19H17N5O2S/c25-18(12-1-2-13-11-20-23-16(13)9-12)21-14-3-4-15-17(10-14)27-19(22-15)24-5-7-26-8-6-24/h1-4,9-11H,5-8H2,(H,20,23)(H,21,25). The molecule has 7 nitrogen and oxygen atoms in total. The lowest BCUT2D eigenvalue weighted by atomic mass is 10.1. The Balaban J connectivity index is 1.38. The number of aromatic amines is 1. The molecule has 0 radical (unpaired) electrons. The van der Waals surface area contributed by atoms with E-state index in [1.54, 1.807) is 29.7 Å². The summed E-state index contributed by atoms with van der Waals surface area (Å²) < 4.78 is 6.46. The molecule has 1 amide bonds. The van der Waals surface area contributed by atoms with E-state index >= 15 is 0 Å². The third kappa shape index (κ3) is 3.13. The molecule has 136 valence electrons. The van der Waals surface area contributed by atoms with Crippen molar-refractivity contribution in [3.05, 3.63) is 48.2 Å². The van der Waals surface area contributed by atoms with E-state index in [2.05, 4.69) is 20.4 Å². The molecular weight excluding hydrogens is 362 g/mol. The van der Waals surface area contributed by atoms with E-state index in [0.717, 1.165) is 58.2 Å². The first-order valence-corrected chi connectivity index (χ1v) is 9.56. The normalized spacial score (nSPS) is 14.7. The fourth-order valence-corrected chi connectivity index (χ4v) is 4.22. The summed E-state index contributed by atoms with van der Waals surface area (Å²) in [5, 5.41) is 11.8. The number of thiazole rings is 1. The lowest BCUT2D eigenvalue weighted by molar-refractivity contribution is 0.102. The number of rotatable bonds is 3. The van der Waals surface area contributed by atoms with Crippen LogP contribution >= 0.6 is 11.3 Å². The van der Waals surface area contributed by atoms with Crippen molar-refractivity contribution in [2.45, 2.75) is 0 Å². The van der Waals surface area contributed by atoms with Gasteiger partial charge in [-0.05, 0) is 30.3 Å². The Morgan fingerprint density at radius 2 is 2.07 bits per heavy atom. The van der Waals surface area contributed by atoms with Gasteiger partial charge in [-0.25, -0.2) is 4.98 Å². The zero-order valence-corrected chi connectivity index (χ0v) is 15.3. The smallest absolute Gasteiger partial charge is 0.255 e. The molecule has 2 aromatic heterocycles. The highest BCUT2D eigenvalue weighted by atomic mass is 32.1. The molecular formula is C19H17N5O2S. The largest absolute Gasteiger partial charge is 0.378 e. The third-order valence-corrected chi connectivity index (χ3v) is 5.70. The van der Waals surface area contributed by atoms with Crippen molar-refractivity contribution >= 4 is 49.2 Å². The van der Waals surface area contributed by atoms with Crippen LogP contribution < -0.4 is 10.2 Å². The number of carbonyl (C=O) groups is 1. The van der Waals surface area contributed by atoms with Gasteiger partial charge >= 0.3 is 0 Å². The number of nitrogens with one attached hydrogen (secondary N) is 2. The number of morpholine rings is 1. The molecule has 0 bridgehead atoms. The van der Waals surface area contributed by atoms with Gasteiger partial charge in [0.2, 0.25) is 0 Å². The highest BCUT2D eigenvalue weighted by Crippen LogP contribution is 2.31. The maximum Gasteiger partial charge on any atom is 0.255 e. The van der Waals surface area contributed by atoms with E-state index < -0.39 is 0 Å². The van der Waals surface area contributed by atoms with Crippen LogP contribution in [0.4, 0.5) is 10.8 Å². The quantitative estimate of drug-likeness (QED) is 0.571. The van der Waals surface area contributed by atoms with Crippen LogP contribution in [0, 0.1) is 0 Å². The number of H-pyrrole nitrogens is 1. The molecule has 0 spiro atoms. The average Bonchev–Trinajstić information content (AvgIpc) is 3.34. The summed E-state index contributed by atoms with van der Waals surface area (Å²) in [6.45, 7) is 3.19. The topological polar surface area (TPSA) is 83.1 Å². The fraction of sp³-hybridized carbons (Fsp3) is 0.211. The second-order valence-corrected chi connectivity index (χ2v) is 7.41. The summed E-state index contributed by atoms with van der Waals surface area (Å²) in [5.74, 6) is -0.149. The SMILES string of the molecule is O=C(Nc1ccc2nc(N3CCOCC3)sc2c1)c1ccc2cn[nH]c2c1. The van der Waals surface area contributed by atoms with Gasteiger partial charge in [-0.3, -0.25) is 9.89 Å². The van der Waals surface area contributed by atoms with Crippen LogP contribution in [-0.2, 0) is 4.74 Å². The monoisotopic (exact) mass is 379 g/mol. The predicted molar refractivity (Wildman–Crippen MR) is 107 cm³/mol. The molecule has 1 saturated heterocycles. The number of fused-ring (bicyclic) bond motifs is 2. The van der Waals surface area contributed by atoms with Gasteiger partial charge < -0.3 is 15.0 Å². The molecule has 1 aliphatic rings. The summed E-state index contributed by atoms with van der Waals surface area (Å²) in [5.41, 5.74) is 3.13. The molecule has 2 aromatic carbocycles. The number of hydrogen-bond acceptors (Lipinski definition) is 6. The Hall–Kier alpha value is -2.97. The number of anilines is 2. The lowest BCUT2D eigenvalue weighted by Crippen LogP contribution is -2.36. The van der Waals surface area contributed by atoms with E-state index in [0.29, 0.717) is 5.56 Å². The van der Waals surface area contributed by atoms with E-state index in [4.69, 9.17) is 9.72 Å². The maximum absolute atomic E-state index is 12.6. The Bertz CT molecular complexity index is 1130. The highest BCUT2D eigenvalue weighted by Gasteiger charge is 2.16. The minimum absolute atomic E-state index is 0.149. The number of aromatic nitrogens is 3. The van der Waals surface area contributed by atoms with Crippen LogP contribution in [0.1, 0.15) is 10.4 Å². The minimum Gasteiger partial charge on any atom is -0.378 e. The van der Waals surface area contributed by atoms with E-state index in [1.807, 2.05) is 24.3 Å². The van der Waals surface area contributed by atoms with Gasteiger partial charge in [0.1, 0.15) is 0 Å². The van der Waals surface area contributed by atoms with Crippen molar-refractivity contribution in [1.82, 2.24) is 15.2 Å². The van der Waals surface area contributed by atoms with E-state index in [-0.39, 0.29) is 5.91 Å². The highest BCUT2D eigenvalue weighted by molar-refractivity contribution is 7.22. The van der Waals surface area contributed by atoms with E-state index in [1.165, 1.54) is 0 Å². The summed E-state index contributed by atoms with van der Waals surface area (Å²) in [7, 11) is 0. The van der Waals surface area contributed by atoms with Crippen molar-refractivity contribution in [1.29, 1.82) is 0 Å². The number of nitrogens with zero attached hydrogens (tertiary/aromatic N) is 3. The fourth-order valence-electron chi connectivity index (χ4n) is 3.16. The molecule has 1 aliphatic heterocycles. The van der Waals surface area contributed by atoms with Crippen LogP contribution in [0.25, 0.3) is 21.1 Å². The molecule has 2 N–H and O–H groups in total. The Kier molecular flexibility index (Phi) is 3.99. The van der Waals surface area contributed by atoms with Crippen LogP contribution in [0.3, 0.4) is 0 Å². The van der Waals surface area contributed by atoms with Crippen molar-refractivity contribution in [3.8, 4) is 0 Å². The van der Waals surface area contributed by atoms with Crippen LogP contribution in [0.5, 0.6) is 0 Å². The van der Waals surface area contributed by atoms with Crippen LogP contribution in [0.2, 0.25) is 0 Å². The van der Waals surface area contributed by atoms with Crippen LogP contribution in [0.15, 0.2) is 42.6 Å². The van der Waals surface area contributed by atoms with Crippen molar-refractivity contribution < 1.29 is 9.53 Å². The Morgan fingerprint density at radius 1 is 1.19 bits per heavy atom. The first kappa shape index (κ1) is 16.2. The zero-order valence-electron chi connectivity index (χ0n) is 14.4. The second kappa shape index (κ2) is 6.64. The molecule has 0 unspecified atom stereocenters. The Morgan fingerprint density at radius 3 is 2.96 bits per heavy atom. The molecule has 1 fully saturated rings. The summed E-state index contributed by atoms with van der Waals surface area (Å²) in [6, 6.07) is 11.3.